The van der Waals surface area contributed by atoms with E-state index in [2.05, 4.69) is 75.2 Å². The predicted octanol–water partition coefficient (Wildman–Crippen LogP) is 6.41. The highest BCUT2D eigenvalue weighted by atomic mass is 16.5. The summed E-state index contributed by atoms with van der Waals surface area (Å²) in [7, 11) is 2.16. The van der Waals surface area contributed by atoms with Crippen LogP contribution in [0.1, 0.15) is 37.5 Å². The van der Waals surface area contributed by atoms with E-state index in [1.165, 1.54) is 16.7 Å². The minimum atomic E-state index is 0.198. The van der Waals surface area contributed by atoms with E-state index in [1.807, 2.05) is 36.4 Å². The van der Waals surface area contributed by atoms with Crippen molar-refractivity contribution < 1.29 is 4.74 Å². The predicted molar refractivity (Wildman–Crippen MR) is 113 cm³/mol. The second kappa shape index (κ2) is 8.41. The van der Waals surface area contributed by atoms with Crippen LogP contribution in [0.4, 0.5) is 0 Å². The first-order valence-electron chi connectivity index (χ1n) is 9.50. The first kappa shape index (κ1) is 19.2. The van der Waals surface area contributed by atoms with Crippen molar-refractivity contribution in [2.24, 2.45) is 0 Å². The Labute approximate surface area is 163 Å². The van der Waals surface area contributed by atoms with E-state index in [0.29, 0.717) is 0 Å². The Balaban J connectivity index is 1.61. The smallest absolute Gasteiger partial charge is 0.127 e. The van der Waals surface area contributed by atoms with Crippen molar-refractivity contribution in [1.29, 1.82) is 0 Å². The lowest BCUT2D eigenvalue weighted by molar-refractivity contribution is 0.318. The Kier molecular flexibility index (Phi) is 5.98. The summed E-state index contributed by atoms with van der Waals surface area (Å²) in [4.78, 5) is 2.33. The van der Waals surface area contributed by atoms with Crippen molar-refractivity contribution in [3.63, 3.8) is 0 Å². The third kappa shape index (κ3) is 5.70. The van der Waals surface area contributed by atoms with Gasteiger partial charge in [0, 0.05) is 13.1 Å². The molecule has 3 aromatic carbocycles. The maximum Gasteiger partial charge on any atom is 0.127 e. The van der Waals surface area contributed by atoms with Gasteiger partial charge in [0.1, 0.15) is 11.5 Å². The molecule has 0 aliphatic carbocycles. The Morgan fingerprint density at radius 3 is 2.00 bits per heavy atom. The van der Waals surface area contributed by atoms with Crippen LogP contribution in [0, 0.1) is 0 Å². The molecule has 0 heterocycles. The average Bonchev–Trinajstić information content (AvgIpc) is 2.62. The minimum absolute atomic E-state index is 0.198. The molecule has 2 heteroatoms. The number of rotatable bonds is 6. The monoisotopic (exact) mass is 359 g/mol. The van der Waals surface area contributed by atoms with Crippen molar-refractivity contribution in [1.82, 2.24) is 4.90 Å². The molecule has 3 rings (SSSR count). The topological polar surface area (TPSA) is 12.5 Å². The van der Waals surface area contributed by atoms with Gasteiger partial charge in [-0.1, -0.05) is 75.4 Å². The Morgan fingerprint density at radius 2 is 1.33 bits per heavy atom. The fourth-order valence-electron chi connectivity index (χ4n) is 3.12. The summed E-state index contributed by atoms with van der Waals surface area (Å²) in [5, 5.41) is 0. The molecule has 0 aliphatic rings. The summed E-state index contributed by atoms with van der Waals surface area (Å²) in [6.07, 6.45) is 0. The summed E-state index contributed by atoms with van der Waals surface area (Å²) in [5.41, 5.74) is 4.16. The van der Waals surface area contributed by atoms with Gasteiger partial charge in [0.15, 0.2) is 0 Å². The van der Waals surface area contributed by atoms with Crippen molar-refractivity contribution >= 4 is 0 Å². The molecule has 140 valence electrons. The summed E-state index contributed by atoms with van der Waals surface area (Å²) in [6.45, 7) is 8.55. The van der Waals surface area contributed by atoms with Crippen LogP contribution in [0.15, 0.2) is 78.9 Å². The molecular formula is C25H29NO. The molecule has 0 unspecified atom stereocenters. The lowest BCUT2D eigenvalue weighted by Gasteiger charge is -2.21. The molecule has 0 bridgehead atoms. The molecular weight excluding hydrogens is 330 g/mol. The minimum Gasteiger partial charge on any atom is -0.457 e. The highest BCUT2D eigenvalue weighted by Crippen LogP contribution is 2.24. The van der Waals surface area contributed by atoms with Crippen molar-refractivity contribution in [2.75, 3.05) is 7.05 Å². The summed E-state index contributed by atoms with van der Waals surface area (Å²) < 4.78 is 5.95. The largest absolute Gasteiger partial charge is 0.457 e. The molecule has 0 aliphatic heterocycles. The molecule has 0 saturated carbocycles. The van der Waals surface area contributed by atoms with Crippen LogP contribution >= 0.6 is 0 Å². The van der Waals surface area contributed by atoms with Crippen LogP contribution in [0.5, 0.6) is 11.5 Å². The van der Waals surface area contributed by atoms with Gasteiger partial charge in [-0.2, -0.15) is 0 Å². The van der Waals surface area contributed by atoms with Gasteiger partial charge in [0.05, 0.1) is 0 Å². The standard InChI is InChI=1S/C25H29NO/c1-25(2,3)22-15-13-20(14-16-22)18-26(4)19-21-9-8-12-24(17-21)27-23-10-6-5-7-11-23/h5-17H,18-19H2,1-4H3. The van der Waals surface area contributed by atoms with Gasteiger partial charge in [-0.15, -0.1) is 0 Å². The fourth-order valence-corrected chi connectivity index (χ4v) is 3.12. The highest BCUT2D eigenvalue weighted by molar-refractivity contribution is 5.34. The second-order valence-electron chi connectivity index (χ2n) is 8.18. The number of para-hydroxylation sites is 1. The third-order valence-corrected chi connectivity index (χ3v) is 4.60. The van der Waals surface area contributed by atoms with E-state index >= 15 is 0 Å². The molecule has 27 heavy (non-hydrogen) atoms. The first-order valence-corrected chi connectivity index (χ1v) is 9.50. The number of benzene rings is 3. The van der Waals surface area contributed by atoms with E-state index < -0.39 is 0 Å². The average molecular weight is 360 g/mol. The van der Waals surface area contributed by atoms with Gasteiger partial charge in [-0.05, 0) is 53.4 Å². The molecule has 2 nitrogen and oxygen atoms in total. The maximum atomic E-state index is 5.95. The van der Waals surface area contributed by atoms with Gasteiger partial charge in [-0.3, -0.25) is 4.90 Å². The van der Waals surface area contributed by atoms with Crippen LogP contribution in [0.25, 0.3) is 0 Å². The molecule has 0 N–H and O–H groups in total. The Morgan fingerprint density at radius 1 is 0.704 bits per heavy atom. The van der Waals surface area contributed by atoms with Crippen molar-refractivity contribution in [3.8, 4) is 11.5 Å². The molecule has 0 spiro atoms. The lowest BCUT2D eigenvalue weighted by Crippen LogP contribution is -2.17. The zero-order chi connectivity index (χ0) is 19.3. The number of hydrogen-bond donors (Lipinski definition) is 0. The Hall–Kier alpha value is -2.58. The van der Waals surface area contributed by atoms with Crippen LogP contribution in [-0.2, 0) is 18.5 Å². The summed E-state index contributed by atoms with van der Waals surface area (Å²) in [5.74, 6) is 1.74. The number of nitrogens with zero attached hydrogens (tertiary/aromatic N) is 1. The molecule has 0 aromatic heterocycles. The van der Waals surface area contributed by atoms with Crippen LogP contribution < -0.4 is 4.74 Å². The molecule has 0 saturated heterocycles. The van der Waals surface area contributed by atoms with Gasteiger partial charge in [0.25, 0.3) is 0 Å². The van der Waals surface area contributed by atoms with Crippen molar-refractivity contribution in [3.05, 3.63) is 95.6 Å². The quantitative estimate of drug-likeness (QED) is 0.504. The van der Waals surface area contributed by atoms with Gasteiger partial charge < -0.3 is 4.74 Å². The SMILES string of the molecule is CN(Cc1ccc(C(C)(C)C)cc1)Cc1cccc(Oc2ccccc2)c1. The molecule has 3 aromatic rings. The highest BCUT2D eigenvalue weighted by Gasteiger charge is 2.13. The van der Waals surface area contributed by atoms with Gasteiger partial charge in [-0.25, -0.2) is 0 Å². The normalized spacial score (nSPS) is 11.6. The first-order chi connectivity index (χ1) is 12.9. The lowest BCUT2D eigenvalue weighted by atomic mass is 9.87. The van der Waals surface area contributed by atoms with E-state index in [-0.39, 0.29) is 5.41 Å². The number of ether oxygens (including phenoxy) is 1. The van der Waals surface area contributed by atoms with Crippen LogP contribution in [-0.4, -0.2) is 11.9 Å². The Bertz CT molecular complexity index is 847. The van der Waals surface area contributed by atoms with Crippen LogP contribution in [0.3, 0.4) is 0 Å². The maximum absolute atomic E-state index is 5.95. The van der Waals surface area contributed by atoms with Crippen LogP contribution in [0.2, 0.25) is 0 Å². The van der Waals surface area contributed by atoms with Crippen molar-refractivity contribution in [2.45, 2.75) is 39.3 Å². The molecule has 0 fully saturated rings. The van der Waals surface area contributed by atoms with E-state index in [9.17, 15) is 0 Å². The van der Waals surface area contributed by atoms with E-state index in [1.54, 1.807) is 0 Å². The molecule has 0 amide bonds. The molecule has 0 atom stereocenters. The zero-order valence-electron chi connectivity index (χ0n) is 16.8. The summed E-state index contributed by atoms with van der Waals surface area (Å²) in [6, 6.07) is 27.2. The number of hydrogen-bond acceptors (Lipinski definition) is 2. The van der Waals surface area contributed by atoms with E-state index in [0.717, 1.165) is 24.6 Å². The second-order valence-corrected chi connectivity index (χ2v) is 8.18. The van der Waals surface area contributed by atoms with Gasteiger partial charge >= 0.3 is 0 Å². The third-order valence-electron chi connectivity index (χ3n) is 4.60. The molecule has 0 radical (unpaired) electrons. The van der Waals surface area contributed by atoms with Gasteiger partial charge in [0.2, 0.25) is 0 Å². The summed E-state index contributed by atoms with van der Waals surface area (Å²) >= 11 is 0. The van der Waals surface area contributed by atoms with E-state index in [4.69, 9.17) is 4.74 Å². The zero-order valence-corrected chi connectivity index (χ0v) is 16.8. The fraction of sp³-hybridized carbons (Fsp3) is 0.280.